The molecular formula is C12H11ClN4S. The number of nitrogens with zero attached hydrogens (tertiary/aromatic N) is 2. The van der Waals surface area contributed by atoms with Gasteiger partial charge < -0.3 is 11.1 Å². The van der Waals surface area contributed by atoms with E-state index in [1.807, 2.05) is 24.3 Å². The van der Waals surface area contributed by atoms with E-state index >= 15 is 0 Å². The fourth-order valence-corrected chi connectivity index (χ4v) is 1.82. The summed E-state index contributed by atoms with van der Waals surface area (Å²) in [6.07, 6.45) is 3.13. The Balaban J connectivity index is 2.16. The molecule has 0 aliphatic rings. The molecule has 1 aromatic carbocycles. The average Bonchev–Trinajstić information content (AvgIpc) is 2.38. The van der Waals surface area contributed by atoms with Crippen molar-refractivity contribution in [2.45, 2.75) is 6.54 Å². The average molecular weight is 279 g/mol. The molecule has 0 saturated carbocycles. The summed E-state index contributed by atoms with van der Waals surface area (Å²) in [4.78, 5) is 8.46. The molecule has 0 spiro atoms. The molecule has 0 fully saturated rings. The smallest absolute Gasteiger partial charge is 0.155 e. The van der Waals surface area contributed by atoms with Gasteiger partial charge in [-0.1, -0.05) is 42.0 Å². The molecule has 2 rings (SSSR count). The Morgan fingerprint density at radius 2 is 2.00 bits per heavy atom. The number of rotatable bonds is 4. The first-order valence-electron chi connectivity index (χ1n) is 5.26. The van der Waals surface area contributed by atoms with Gasteiger partial charge in [0.2, 0.25) is 0 Å². The third-order valence-corrected chi connectivity index (χ3v) is 2.90. The van der Waals surface area contributed by atoms with Crippen LogP contribution in [0.5, 0.6) is 0 Å². The number of nitrogens with one attached hydrogen (secondary N) is 1. The minimum atomic E-state index is 0.213. The molecule has 0 atom stereocenters. The highest BCUT2D eigenvalue weighted by atomic mass is 35.5. The van der Waals surface area contributed by atoms with Crippen molar-refractivity contribution < 1.29 is 0 Å². The highest BCUT2D eigenvalue weighted by Gasteiger charge is 2.07. The Kier molecular flexibility index (Phi) is 4.07. The molecule has 0 aliphatic heterocycles. The number of thiocarbonyl (C=S) groups is 1. The van der Waals surface area contributed by atoms with Gasteiger partial charge >= 0.3 is 0 Å². The lowest BCUT2D eigenvalue weighted by molar-refractivity contribution is 1.08. The van der Waals surface area contributed by atoms with Crippen LogP contribution in [0.3, 0.4) is 0 Å². The summed E-state index contributed by atoms with van der Waals surface area (Å²) in [5.41, 5.74) is 7.03. The predicted molar refractivity (Wildman–Crippen MR) is 76.7 cm³/mol. The molecule has 0 bridgehead atoms. The van der Waals surface area contributed by atoms with Gasteiger partial charge in [-0.3, -0.25) is 0 Å². The number of hydrogen-bond donors (Lipinski definition) is 2. The van der Waals surface area contributed by atoms with Crippen molar-refractivity contribution in [2.75, 3.05) is 5.32 Å². The van der Waals surface area contributed by atoms with Gasteiger partial charge in [-0.2, -0.15) is 0 Å². The zero-order valence-corrected chi connectivity index (χ0v) is 11.0. The molecule has 0 amide bonds. The van der Waals surface area contributed by atoms with E-state index in [4.69, 9.17) is 29.6 Å². The minimum Gasteiger partial charge on any atom is -0.388 e. The van der Waals surface area contributed by atoms with Crippen LogP contribution in [0.1, 0.15) is 11.3 Å². The minimum absolute atomic E-state index is 0.213. The lowest BCUT2D eigenvalue weighted by Gasteiger charge is -2.09. The third-order valence-electron chi connectivity index (χ3n) is 2.34. The van der Waals surface area contributed by atoms with Crippen molar-refractivity contribution in [3.8, 4) is 0 Å². The van der Waals surface area contributed by atoms with Crippen molar-refractivity contribution in [1.82, 2.24) is 9.97 Å². The van der Waals surface area contributed by atoms with Crippen LogP contribution in [-0.2, 0) is 6.54 Å². The van der Waals surface area contributed by atoms with Gasteiger partial charge in [-0.25, -0.2) is 9.97 Å². The van der Waals surface area contributed by atoms with Gasteiger partial charge in [-0.15, -0.1) is 0 Å². The lowest BCUT2D eigenvalue weighted by Crippen LogP contribution is -2.16. The van der Waals surface area contributed by atoms with Crippen molar-refractivity contribution in [2.24, 2.45) is 5.73 Å². The fourth-order valence-electron chi connectivity index (χ4n) is 1.47. The summed E-state index contributed by atoms with van der Waals surface area (Å²) in [5.74, 6) is 0.560. The molecule has 6 heteroatoms. The second kappa shape index (κ2) is 5.75. The maximum absolute atomic E-state index is 6.07. The van der Waals surface area contributed by atoms with Crippen LogP contribution >= 0.6 is 23.8 Å². The quantitative estimate of drug-likeness (QED) is 0.841. The molecule has 3 N–H and O–H groups in total. The highest BCUT2D eigenvalue weighted by Crippen LogP contribution is 2.17. The third kappa shape index (κ3) is 2.94. The van der Waals surface area contributed by atoms with Gasteiger partial charge in [0.25, 0.3) is 0 Å². The SMILES string of the molecule is NC(=S)c1nccnc1NCc1ccccc1Cl. The van der Waals surface area contributed by atoms with Gasteiger partial charge in [-0.05, 0) is 11.6 Å². The first-order valence-corrected chi connectivity index (χ1v) is 6.05. The Morgan fingerprint density at radius 1 is 1.28 bits per heavy atom. The maximum Gasteiger partial charge on any atom is 0.155 e. The van der Waals surface area contributed by atoms with E-state index in [0.29, 0.717) is 23.1 Å². The predicted octanol–water partition coefficient (Wildman–Crippen LogP) is 2.38. The number of anilines is 1. The van der Waals surface area contributed by atoms with Crippen molar-refractivity contribution in [1.29, 1.82) is 0 Å². The van der Waals surface area contributed by atoms with E-state index in [2.05, 4.69) is 15.3 Å². The van der Waals surface area contributed by atoms with Crippen LogP contribution < -0.4 is 11.1 Å². The number of aromatic nitrogens is 2. The first-order chi connectivity index (χ1) is 8.68. The molecule has 1 aromatic heterocycles. The van der Waals surface area contributed by atoms with Gasteiger partial charge in [0.15, 0.2) is 5.82 Å². The van der Waals surface area contributed by atoms with E-state index in [1.165, 1.54) is 0 Å². The molecule has 92 valence electrons. The van der Waals surface area contributed by atoms with Gasteiger partial charge in [0, 0.05) is 24.0 Å². The molecule has 0 saturated heterocycles. The normalized spacial score (nSPS) is 10.1. The molecule has 1 heterocycles. The Morgan fingerprint density at radius 3 is 2.72 bits per heavy atom. The number of halogens is 1. The highest BCUT2D eigenvalue weighted by molar-refractivity contribution is 7.80. The van der Waals surface area contributed by atoms with Crippen LogP contribution in [-0.4, -0.2) is 15.0 Å². The summed E-state index contributed by atoms with van der Waals surface area (Å²) < 4.78 is 0. The number of nitrogens with two attached hydrogens (primary N) is 1. The van der Waals surface area contributed by atoms with Gasteiger partial charge in [0.1, 0.15) is 10.7 Å². The first kappa shape index (κ1) is 12.7. The summed E-state index contributed by atoms with van der Waals surface area (Å²) in [7, 11) is 0. The maximum atomic E-state index is 6.07. The fraction of sp³-hybridized carbons (Fsp3) is 0.0833. The molecule has 0 radical (unpaired) electrons. The van der Waals surface area contributed by atoms with Crippen molar-refractivity contribution >= 4 is 34.6 Å². The van der Waals surface area contributed by atoms with E-state index in [9.17, 15) is 0 Å². The van der Waals surface area contributed by atoms with Crippen LogP contribution in [0.15, 0.2) is 36.7 Å². The molecular weight excluding hydrogens is 268 g/mol. The van der Waals surface area contributed by atoms with Crippen LogP contribution in [0.4, 0.5) is 5.82 Å². The molecule has 4 nitrogen and oxygen atoms in total. The lowest BCUT2D eigenvalue weighted by atomic mass is 10.2. The van der Waals surface area contributed by atoms with Crippen LogP contribution in [0, 0.1) is 0 Å². The monoisotopic (exact) mass is 278 g/mol. The molecule has 2 aromatic rings. The largest absolute Gasteiger partial charge is 0.388 e. The van der Waals surface area contributed by atoms with Crippen molar-refractivity contribution in [3.63, 3.8) is 0 Å². The number of hydrogen-bond acceptors (Lipinski definition) is 4. The van der Waals surface area contributed by atoms with Gasteiger partial charge in [0.05, 0.1) is 0 Å². The van der Waals surface area contributed by atoms with Crippen molar-refractivity contribution in [3.05, 3.63) is 52.9 Å². The van der Waals surface area contributed by atoms with E-state index in [0.717, 1.165) is 5.56 Å². The summed E-state index contributed by atoms with van der Waals surface area (Å²) in [6.45, 7) is 0.536. The Hall–Kier alpha value is -1.72. The van der Waals surface area contributed by atoms with E-state index < -0.39 is 0 Å². The second-order valence-electron chi connectivity index (χ2n) is 3.56. The molecule has 18 heavy (non-hydrogen) atoms. The summed E-state index contributed by atoms with van der Waals surface area (Å²) >= 11 is 11.0. The van der Waals surface area contributed by atoms with Crippen LogP contribution in [0.2, 0.25) is 5.02 Å². The zero-order valence-electron chi connectivity index (χ0n) is 9.43. The van der Waals surface area contributed by atoms with Crippen LogP contribution in [0.25, 0.3) is 0 Å². The summed E-state index contributed by atoms with van der Waals surface area (Å²) in [6, 6.07) is 7.58. The molecule has 0 aliphatic carbocycles. The molecule has 0 unspecified atom stereocenters. The Labute approximate surface area is 115 Å². The van der Waals surface area contributed by atoms with E-state index in [-0.39, 0.29) is 4.99 Å². The zero-order chi connectivity index (χ0) is 13.0. The standard InChI is InChI=1S/C12H11ClN4S/c13-9-4-2-1-3-8(9)7-17-12-10(11(14)18)15-5-6-16-12/h1-6H,7H2,(H2,14,18)(H,16,17). The van der Waals surface area contributed by atoms with E-state index in [1.54, 1.807) is 12.4 Å². The number of benzene rings is 1. The summed E-state index contributed by atoms with van der Waals surface area (Å²) in [5, 5.41) is 3.83. The topological polar surface area (TPSA) is 63.8 Å². The Bertz CT molecular complexity index is 574. The second-order valence-corrected chi connectivity index (χ2v) is 4.41.